The van der Waals surface area contributed by atoms with Gasteiger partial charge in [0, 0.05) is 31.9 Å². The summed E-state index contributed by atoms with van der Waals surface area (Å²) < 4.78 is 21.6. The van der Waals surface area contributed by atoms with Gasteiger partial charge in [-0.15, -0.1) is 0 Å². The summed E-state index contributed by atoms with van der Waals surface area (Å²) in [5.74, 6) is -0.567. The van der Waals surface area contributed by atoms with E-state index in [9.17, 15) is 9.59 Å². The number of hydrogen-bond donors (Lipinski definition) is 1. The van der Waals surface area contributed by atoms with Gasteiger partial charge in [-0.3, -0.25) is 14.9 Å². The van der Waals surface area contributed by atoms with Crippen LogP contribution in [0.4, 0.5) is 5.69 Å². The fourth-order valence-electron chi connectivity index (χ4n) is 4.55. The molecule has 0 spiro atoms. The van der Waals surface area contributed by atoms with Gasteiger partial charge in [0.2, 0.25) is 17.6 Å². The summed E-state index contributed by atoms with van der Waals surface area (Å²) in [5, 5.41) is 2.84. The highest BCUT2D eigenvalue weighted by Crippen LogP contribution is 2.42. The average molecular weight is 497 g/mol. The molecular formula is C26H32N4O6. The molecule has 2 atom stereocenters. The Bertz CT molecular complexity index is 1090. The van der Waals surface area contributed by atoms with Crippen molar-refractivity contribution < 1.29 is 28.5 Å². The lowest BCUT2D eigenvalue weighted by Crippen LogP contribution is -2.57. The van der Waals surface area contributed by atoms with E-state index in [0.717, 1.165) is 18.8 Å². The molecule has 1 N–H and O–H groups in total. The number of carbonyl (C=O) groups is 2. The second kappa shape index (κ2) is 11.2. The maximum absolute atomic E-state index is 13.2. The van der Waals surface area contributed by atoms with Crippen LogP contribution in [-0.4, -0.2) is 76.9 Å². The molecule has 0 saturated carbocycles. The van der Waals surface area contributed by atoms with Crippen molar-refractivity contribution in [2.75, 3.05) is 59.0 Å². The molecule has 4 rings (SSSR count). The molecule has 0 unspecified atom stereocenters. The second-order valence-electron chi connectivity index (χ2n) is 8.38. The number of nitrogens with zero attached hydrogens (tertiary/aromatic N) is 3. The molecule has 0 aliphatic carbocycles. The summed E-state index contributed by atoms with van der Waals surface area (Å²) in [6, 6.07) is 12.8. The van der Waals surface area contributed by atoms with Crippen LogP contribution in [0.3, 0.4) is 0 Å². The van der Waals surface area contributed by atoms with Gasteiger partial charge in [0.1, 0.15) is 6.04 Å². The number of piperazine rings is 1. The predicted molar refractivity (Wildman–Crippen MR) is 135 cm³/mol. The number of esters is 1. The number of guanidine groups is 1. The van der Waals surface area contributed by atoms with E-state index in [0.29, 0.717) is 41.9 Å². The Hall–Kier alpha value is -3.95. The Morgan fingerprint density at radius 3 is 2.14 bits per heavy atom. The summed E-state index contributed by atoms with van der Waals surface area (Å²) >= 11 is 0. The molecule has 0 bridgehead atoms. The third-order valence-corrected chi connectivity index (χ3v) is 6.36. The van der Waals surface area contributed by atoms with Crippen LogP contribution in [0.1, 0.15) is 18.5 Å². The van der Waals surface area contributed by atoms with Gasteiger partial charge >= 0.3 is 5.97 Å². The van der Waals surface area contributed by atoms with E-state index in [1.807, 2.05) is 23.1 Å². The number of aliphatic imine (C=N–C) groups is 1. The van der Waals surface area contributed by atoms with E-state index >= 15 is 0 Å². The third kappa shape index (κ3) is 5.02. The summed E-state index contributed by atoms with van der Waals surface area (Å²) in [6.07, 6.45) is 0. The first-order valence-corrected chi connectivity index (χ1v) is 11.9. The number of hydrogen-bond acceptors (Lipinski definition) is 9. The lowest BCUT2D eigenvalue weighted by Gasteiger charge is -2.39. The number of para-hydroxylation sites is 1. The minimum atomic E-state index is -1.15. The number of methoxy groups -OCH3 is 3. The molecule has 0 aromatic heterocycles. The number of benzene rings is 2. The van der Waals surface area contributed by atoms with Gasteiger partial charge in [-0.05, 0) is 36.8 Å². The van der Waals surface area contributed by atoms with Gasteiger partial charge in [0.05, 0.1) is 27.9 Å². The smallest absolute Gasteiger partial charge is 0.321 e. The highest BCUT2D eigenvalue weighted by atomic mass is 16.5. The predicted octanol–water partition coefficient (Wildman–Crippen LogP) is 2.24. The number of nitrogens with one attached hydrogen (secondary N) is 1. The van der Waals surface area contributed by atoms with Gasteiger partial charge in [-0.1, -0.05) is 18.2 Å². The Morgan fingerprint density at radius 2 is 1.58 bits per heavy atom. The van der Waals surface area contributed by atoms with E-state index in [1.54, 1.807) is 19.1 Å². The molecule has 2 aromatic rings. The minimum absolute atomic E-state index is 0.155. The van der Waals surface area contributed by atoms with Crippen LogP contribution in [0.2, 0.25) is 0 Å². The number of amides is 1. The zero-order chi connectivity index (χ0) is 25.7. The Kier molecular flexibility index (Phi) is 7.82. The fourth-order valence-corrected chi connectivity index (χ4v) is 4.55. The van der Waals surface area contributed by atoms with Gasteiger partial charge in [-0.2, -0.15) is 0 Å². The van der Waals surface area contributed by atoms with Gasteiger partial charge < -0.3 is 28.7 Å². The molecule has 2 aliphatic heterocycles. The van der Waals surface area contributed by atoms with Gasteiger partial charge in [0.15, 0.2) is 17.4 Å². The van der Waals surface area contributed by atoms with Gasteiger partial charge in [-0.25, -0.2) is 4.99 Å². The van der Waals surface area contributed by atoms with E-state index < -0.39 is 23.8 Å². The Morgan fingerprint density at radius 1 is 0.972 bits per heavy atom. The summed E-state index contributed by atoms with van der Waals surface area (Å²) in [5.41, 5.74) is 1.74. The van der Waals surface area contributed by atoms with Crippen LogP contribution in [-0.2, 0) is 14.3 Å². The first-order valence-electron chi connectivity index (χ1n) is 11.9. The van der Waals surface area contributed by atoms with E-state index in [1.165, 1.54) is 21.3 Å². The molecule has 192 valence electrons. The van der Waals surface area contributed by atoms with Crippen molar-refractivity contribution in [3.8, 4) is 17.2 Å². The molecule has 36 heavy (non-hydrogen) atoms. The highest BCUT2D eigenvalue weighted by molar-refractivity contribution is 6.08. The molecule has 1 fully saturated rings. The van der Waals surface area contributed by atoms with E-state index in [-0.39, 0.29) is 6.61 Å². The largest absolute Gasteiger partial charge is 0.493 e. The molecule has 10 heteroatoms. The molecule has 1 saturated heterocycles. The summed E-state index contributed by atoms with van der Waals surface area (Å²) in [6.45, 7) is 4.74. The van der Waals surface area contributed by atoms with Crippen LogP contribution >= 0.6 is 0 Å². The lowest BCUT2D eigenvalue weighted by molar-refractivity contribution is -0.153. The van der Waals surface area contributed by atoms with Gasteiger partial charge in [0.25, 0.3) is 0 Å². The minimum Gasteiger partial charge on any atom is -0.493 e. The molecule has 2 aliphatic rings. The average Bonchev–Trinajstić information content (AvgIpc) is 2.92. The van der Waals surface area contributed by atoms with Crippen LogP contribution in [0, 0.1) is 5.92 Å². The zero-order valence-electron chi connectivity index (χ0n) is 21.0. The van der Waals surface area contributed by atoms with Crippen molar-refractivity contribution in [1.29, 1.82) is 0 Å². The van der Waals surface area contributed by atoms with Crippen molar-refractivity contribution in [1.82, 2.24) is 10.2 Å². The van der Waals surface area contributed by atoms with Crippen LogP contribution < -0.4 is 24.4 Å². The highest BCUT2D eigenvalue weighted by Gasteiger charge is 2.43. The molecule has 10 nitrogen and oxygen atoms in total. The third-order valence-electron chi connectivity index (χ3n) is 6.36. The summed E-state index contributed by atoms with van der Waals surface area (Å²) in [4.78, 5) is 35.3. The molecule has 0 radical (unpaired) electrons. The second-order valence-corrected chi connectivity index (χ2v) is 8.38. The van der Waals surface area contributed by atoms with Crippen molar-refractivity contribution in [2.24, 2.45) is 10.9 Å². The fraction of sp³-hybridized carbons (Fsp3) is 0.423. The van der Waals surface area contributed by atoms with E-state index in [4.69, 9.17) is 23.9 Å². The molecule has 2 aromatic carbocycles. The summed E-state index contributed by atoms with van der Waals surface area (Å²) in [7, 11) is 4.54. The monoisotopic (exact) mass is 496 g/mol. The number of ether oxygens (including phenoxy) is 4. The lowest BCUT2D eigenvalue weighted by atomic mass is 9.90. The van der Waals surface area contributed by atoms with Crippen molar-refractivity contribution in [3.05, 3.63) is 48.0 Å². The van der Waals surface area contributed by atoms with Crippen molar-refractivity contribution in [3.63, 3.8) is 0 Å². The SMILES string of the molecule is CCOC(=O)[C@@H]1C(=O)NC(N2CCN(c3ccccc3)CC2)=N[C@@H]1c1cc(OC)c(OC)c(OC)c1. The van der Waals surface area contributed by atoms with Crippen molar-refractivity contribution in [2.45, 2.75) is 13.0 Å². The number of carbonyl (C=O) groups excluding carboxylic acids is 2. The molecule has 2 heterocycles. The Labute approximate surface area is 210 Å². The number of anilines is 1. The molecular weight excluding hydrogens is 464 g/mol. The topological polar surface area (TPSA) is 102 Å². The van der Waals surface area contributed by atoms with Crippen molar-refractivity contribution >= 4 is 23.5 Å². The maximum atomic E-state index is 13.2. The van der Waals surface area contributed by atoms with E-state index in [2.05, 4.69) is 22.3 Å². The van der Waals surface area contributed by atoms with Crippen LogP contribution in [0.15, 0.2) is 47.5 Å². The van der Waals surface area contributed by atoms with Crippen LogP contribution in [0.25, 0.3) is 0 Å². The van der Waals surface area contributed by atoms with Crippen LogP contribution in [0.5, 0.6) is 17.2 Å². The first kappa shape index (κ1) is 25.2. The zero-order valence-corrected chi connectivity index (χ0v) is 21.0. The standard InChI is InChI=1S/C26H32N4O6/c1-5-36-25(32)21-22(17-15-19(33-2)23(35-4)20(16-17)34-3)27-26(28-24(21)31)30-13-11-29(12-14-30)18-9-7-6-8-10-18/h6-10,15-16,21-22H,5,11-14H2,1-4H3,(H,27,28,31)/t21-,22+/m0/s1. The molecule has 1 amide bonds. The maximum Gasteiger partial charge on any atom is 0.321 e. The normalized spacial score (nSPS) is 19.8. The Balaban J connectivity index is 1.67. The first-order chi connectivity index (χ1) is 17.5. The quantitative estimate of drug-likeness (QED) is 0.460. The number of rotatable bonds is 7.